The second kappa shape index (κ2) is 11.6. The van der Waals surface area contributed by atoms with Crippen LogP contribution in [0.5, 0.6) is 5.75 Å². The number of nitrogens with one attached hydrogen (secondary N) is 1. The largest absolute Gasteiger partial charge is 0.487 e. The molecule has 0 unspecified atom stereocenters. The van der Waals surface area contributed by atoms with E-state index in [0.29, 0.717) is 33.1 Å². The first-order valence-electron chi connectivity index (χ1n) is 11.6. The molecule has 38 heavy (non-hydrogen) atoms. The van der Waals surface area contributed by atoms with E-state index in [0.717, 1.165) is 12.7 Å². The number of benzene rings is 4. The highest BCUT2D eigenvalue weighted by molar-refractivity contribution is 14.1. The van der Waals surface area contributed by atoms with Crippen molar-refractivity contribution in [1.82, 2.24) is 9.99 Å². The number of ether oxygens (including phenoxy) is 1. The number of fused-ring (bicyclic) bond motifs is 2. The number of rotatable bonds is 7. The van der Waals surface area contributed by atoms with Gasteiger partial charge in [-0.2, -0.15) is 5.10 Å². The molecule has 0 aliphatic heterocycles. The van der Waals surface area contributed by atoms with Gasteiger partial charge in [0.25, 0.3) is 5.91 Å². The Morgan fingerprint density at radius 2 is 1.50 bits per heavy atom. The van der Waals surface area contributed by atoms with E-state index >= 15 is 0 Å². The van der Waals surface area contributed by atoms with Gasteiger partial charge in [0, 0.05) is 16.3 Å². The Morgan fingerprint density at radius 1 is 0.921 bits per heavy atom. The van der Waals surface area contributed by atoms with Gasteiger partial charge in [-0.15, -0.1) is 0 Å². The molecule has 9 heteroatoms. The maximum atomic E-state index is 13.9. The fourth-order valence-electron chi connectivity index (χ4n) is 4.16. The zero-order chi connectivity index (χ0) is 26.6. The van der Waals surface area contributed by atoms with Crippen LogP contribution in [0.1, 0.15) is 11.1 Å². The number of halogens is 3. The molecule has 4 aromatic carbocycles. The quantitative estimate of drug-likeness (QED) is 0.0935. The molecule has 5 aromatic rings. The van der Waals surface area contributed by atoms with Crippen LogP contribution < -0.4 is 15.6 Å². The molecule has 0 spiro atoms. The molecule has 1 aromatic heterocycles. The minimum absolute atomic E-state index is 0.00343. The second-order valence-electron chi connectivity index (χ2n) is 8.44. The maximum absolute atomic E-state index is 13.9. The minimum Gasteiger partial charge on any atom is -0.487 e. The van der Waals surface area contributed by atoms with Gasteiger partial charge in [0.05, 0.1) is 24.4 Å². The number of hydrogen-bond donors (Lipinski definition) is 1. The van der Waals surface area contributed by atoms with Crippen molar-refractivity contribution in [2.24, 2.45) is 5.10 Å². The third kappa shape index (κ3) is 5.58. The molecule has 0 saturated heterocycles. The van der Waals surface area contributed by atoms with E-state index in [2.05, 4.69) is 55.7 Å². The van der Waals surface area contributed by atoms with Crippen molar-refractivity contribution in [3.05, 3.63) is 119 Å². The predicted molar refractivity (Wildman–Crippen MR) is 164 cm³/mol. The van der Waals surface area contributed by atoms with Gasteiger partial charge in [0.2, 0.25) is 0 Å². The van der Waals surface area contributed by atoms with Crippen LogP contribution in [0.15, 0.2) is 94.8 Å². The molecule has 1 N–H and O–H groups in total. The van der Waals surface area contributed by atoms with Crippen molar-refractivity contribution in [2.45, 2.75) is 13.2 Å². The highest BCUT2D eigenvalue weighted by Gasteiger charge is 2.13. The number of carbonyl (C=O) groups excluding carboxylic acids is 1. The highest BCUT2D eigenvalue weighted by atomic mass is 127. The Bertz CT molecular complexity index is 1690. The molecule has 0 radical (unpaired) electrons. The average molecular weight is 731 g/mol. The molecular weight excluding hydrogens is 711 g/mol. The number of para-hydroxylation sites is 2. The molecule has 6 nitrogen and oxygen atoms in total. The van der Waals surface area contributed by atoms with Crippen molar-refractivity contribution < 1.29 is 13.9 Å². The van der Waals surface area contributed by atoms with Crippen LogP contribution >= 0.6 is 45.2 Å². The Balaban J connectivity index is 1.31. The molecule has 0 aliphatic carbocycles. The summed E-state index contributed by atoms with van der Waals surface area (Å²) in [6.45, 7) is 0.118. The van der Waals surface area contributed by atoms with E-state index in [1.807, 2.05) is 53.1 Å². The van der Waals surface area contributed by atoms with Gasteiger partial charge in [-0.1, -0.05) is 42.5 Å². The Hall–Kier alpha value is -3.32. The summed E-state index contributed by atoms with van der Waals surface area (Å²) in [5.74, 6) is 0.0298. The van der Waals surface area contributed by atoms with E-state index in [9.17, 15) is 14.0 Å². The van der Waals surface area contributed by atoms with Gasteiger partial charge in [-0.3, -0.25) is 9.59 Å². The lowest BCUT2D eigenvalue weighted by Gasteiger charge is -2.14. The summed E-state index contributed by atoms with van der Waals surface area (Å²) in [4.78, 5) is 25.7. The third-order valence-electron chi connectivity index (χ3n) is 5.93. The SMILES string of the molecule is O=C(Cn1c2ccccc2c(=O)c2ccccc21)N/N=C/c1cc(I)c(OCc2ccccc2F)c(I)c1. The van der Waals surface area contributed by atoms with E-state index in [1.165, 1.54) is 6.07 Å². The molecule has 0 saturated carbocycles. The number of hydrogen-bond acceptors (Lipinski definition) is 4. The summed E-state index contributed by atoms with van der Waals surface area (Å²) in [6.07, 6.45) is 1.56. The summed E-state index contributed by atoms with van der Waals surface area (Å²) in [5.41, 5.74) is 5.15. The highest BCUT2D eigenvalue weighted by Crippen LogP contribution is 2.29. The fourth-order valence-corrected chi connectivity index (χ4v) is 6.29. The zero-order valence-electron chi connectivity index (χ0n) is 19.8. The van der Waals surface area contributed by atoms with E-state index in [4.69, 9.17) is 4.74 Å². The maximum Gasteiger partial charge on any atom is 0.260 e. The van der Waals surface area contributed by atoms with Crippen LogP contribution in [0.4, 0.5) is 4.39 Å². The number of hydrazone groups is 1. The summed E-state index contributed by atoms with van der Waals surface area (Å²) < 4.78 is 23.3. The first-order valence-corrected chi connectivity index (χ1v) is 13.8. The molecule has 0 fully saturated rings. The normalized spacial score (nSPS) is 11.3. The van der Waals surface area contributed by atoms with Gasteiger partial charge < -0.3 is 9.30 Å². The van der Waals surface area contributed by atoms with Crippen LogP contribution in [-0.4, -0.2) is 16.7 Å². The van der Waals surface area contributed by atoms with E-state index in [1.54, 1.807) is 36.5 Å². The third-order valence-corrected chi connectivity index (χ3v) is 7.54. The lowest BCUT2D eigenvalue weighted by atomic mass is 10.1. The minimum atomic E-state index is -0.325. The molecular formula is C29H20FI2N3O3. The van der Waals surface area contributed by atoms with Crippen molar-refractivity contribution in [3.8, 4) is 5.75 Å². The monoisotopic (exact) mass is 731 g/mol. The van der Waals surface area contributed by atoms with Crippen LogP contribution in [0.25, 0.3) is 21.8 Å². The van der Waals surface area contributed by atoms with Crippen molar-refractivity contribution in [3.63, 3.8) is 0 Å². The van der Waals surface area contributed by atoms with Gasteiger partial charge in [-0.25, -0.2) is 9.82 Å². The summed E-state index contributed by atoms with van der Waals surface area (Å²) in [7, 11) is 0. The Labute approximate surface area is 244 Å². The standard InChI is InChI=1S/C29H20FI2N3O3/c30-22-10-4-1-7-19(22)17-38-29-23(31)13-18(14-24(29)32)15-33-34-27(36)16-35-25-11-5-2-8-20(25)28(37)21-9-3-6-12-26(21)35/h1-15H,16-17H2,(H,34,36)/b33-15+. The zero-order valence-corrected chi connectivity index (χ0v) is 24.1. The average Bonchev–Trinajstić information content (AvgIpc) is 2.91. The fraction of sp³-hybridized carbons (Fsp3) is 0.0690. The molecule has 190 valence electrons. The molecule has 1 amide bonds. The first-order chi connectivity index (χ1) is 18.4. The van der Waals surface area contributed by atoms with Crippen LogP contribution in [-0.2, 0) is 17.9 Å². The number of pyridine rings is 1. The topological polar surface area (TPSA) is 72.7 Å². The molecule has 0 aliphatic rings. The molecule has 0 atom stereocenters. The molecule has 0 bridgehead atoms. The van der Waals surface area contributed by atoms with E-state index in [-0.39, 0.29) is 30.3 Å². The number of nitrogens with zero attached hydrogens (tertiary/aromatic N) is 2. The number of aromatic nitrogens is 1. The first kappa shape index (κ1) is 26.3. The number of amides is 1. The summed E-state index contributed by atoms with van der Waals surface area (Å²) in [5, 5.41) is 5.25. The van der Waals surface area contributed by atoms with Crippen LogP contribution in [0.3, 0.4) is 0 Å². The van der Waals surface area contributed by atoms with Gasteiger partial charge in [0.1, 0.15) is 24.7 Å². The van der Waals surface area contributed by atoms with Crippen LogP contribution in [0, 0.1) is 13.0 Å². The van der Waals surface area contributed by atoms with Crippen LogP contribution in [0.2, 0.25) is 0 Å². The Morgan fingerprint density at radius 3 is 2.13 bits per heavy atom. The predicted octanol–water partition coefficient (Wildman–Crippen LogP) is 6.23. The lowest BCUT2D eigenvalue weighted by molar-refractivity contribution is -0.121. The molecule has 1 heterocycles. The van der Waals surface area contributed by atoms with Crippen molar-refractivity contribution >= 4 is 79.1 Å². The number of carbonyl (C=O) groups is 1. The summed E-state index contributed by atoms with van der Waals surface area (Å²) in [6, 6.07) is 24.8. The Kier molecular flexibility index (Phi) is 8.03. The second-order valence-corrected chi connectivity index (χ2v) is 10.8. The smallest absolute Gasteiger partial charge is 0.260 e. The van der Waals surface area contributed by atoms with Gasteiger partial charge in [-0.05, 0) is 93.2 Å². The van der Waals surface area contributed by atoms with Crippen molar-refractivity contribution in [2.75, 3.05) is 0 Å². The lowest BCUT2D eigenvalue weighted by Crippen LogP contribution is -2.25. The van der Waals surface area contributed by atoms with Gasteiger partial charge >= 0.3 is 0 Å². The summed E-state index contributed by atoms with van der Waals surface area (Å²) >= 11 is 4.32. The van der Waals surface area contributed by atoms with Gasteiger partial charge in [0.15, 0.2) is 5.43 Å². The van der Waals surface area contributed by atoms with Crippen molar-refractivity contribution in [1.29, 1.82) is 0 Å². The molecule has 5 rings (SSSR count). The van der Waals surface area contributed by atoms with E-state index < -0.39 is 0 Å².